The standard InChI is InChI=1S/C8H13NO4/c1-2-6(10)8(7(11)12)4-3-5-9(8)13/h13H,2-5H2,1H3,(H,11,12). The zero-order chi connectivity index (χ0) is 10.1. The van der Waals surface area contributed by atoms with Crippen LogP contribution in [0.25, 0.3) is 0 Å². The van der Waals surface area contributed by atoms with E-state index in [1.54, 1.807) is 6.92 Å². The first kappa shape index (κ1) is 10.1. The Morgan fingerprint density at radius 1 is 1.54 bits per heavy atom. The average Bonchev–Trinajstić information content (AvgIpc) is 2.47. The number of rotatable bonds is 3. The number of hydrogen-bond acceptors (Lipinski definition) is 4. The SMILES string of the molecule is CCC(=O)C1(C(=O)O)CCCN1O. The Labute approximate surface area is 75.9 Å². The third-order valence-corrected chi connectivity index (χ3v) is 2.49. The first-order chi connectivity index (χ1) is 6.05. The highest BCUT2D eigenvalue weighted by Crippen LogP contribution is 2.29. The summed E-state index contributed by atoms with van der Waals surface area (Å²) in [5.74, 6) is -1.68. The Kier molecular flexibility index (Phi) is 2.68. The highest BCUT2D eigenvalue weighted by molar-refractivity contribution is 6.07. The van der Waals surface area contributed by atoms with E-state index in [0.717, 1.165) is 0 Å². The van der Waals surface area contributed by atoms with Gasteiger partial charge in [-0.25, -0.2) is 4.79 Å². The van der Waals surface area contributed by atoms with Gasteiger partial charge < -0.3 is 10.3 Å². The summed E-state index contributed by atoms with van der Waals surface area (Å²) < 4.78 is 0. The van der Waals surface area contributed by atoms with Crippen LogP contribution in [0.1, 0.15) is 26.2 Å². The highest BCUT2D eigenvalue weighted by atomic mass is 16.5. The van der Waals surface area contributed by atoms with E-state index in [-0.39, 0.29) is 19.4 Å². The molecule has 0 aromatic rings. The third kappa shape index (κ3) is 1.34. The van der Waals surface area contributed by atoms with Crippen LogP contribution < -0.4 is 0 Å². The second-order valence-corrected chi connectivity index (χ2v) is 3.17. The summed E-state index contributed by atoms with van der Waals surface area (Å²) in [6, 6.07) is 0. The number of hydroxylamine groups is 2. The minimum Gasteiger partial charge on any atom is -0.479 e. The van der Waals surface area contributed by atoms with Gasteiger partial charge in [-0.1, -0.05) is 6.92 Å². The molecule has 1 aliphatic rings. The Morgan fingerprint density at radius 3 is 2.46 bits per heavy atom. The fourth-order valence-corrected chi connectivity index (χ4v) is 1.72. The van der Waals surface area contributed by atoms with Crippen LogP contribution in [0, 0.1) is 0 Å². The summed E-state index contributed by atoms with van der Waals surface area (Å²) in [4.78, 5) is 22.3. The zero-order valence-corrected chi connectivity index (χ0v) is 7.49. The van der Waals surface area contributed by atoms with E-state index in [1.165, 1.54) is 0 Å². The molecular weight excluding hydrogens is 174 g/mol. The van der Waals surface area contributed by atoms with Crippen molar-refractivity contribution in [2.75, 3.05) is 6.54 Å². The topological polar surface area (TPSA) is 77.8 Å². The monoisotopic (exact) mass is 187 g/mol. The van der Waals surface area contributed by atoms with Crippen LogP contribution in [0.15, 0.2) is 0 Å². The van der Waals surface area contributed by atoms with Crippen LogP contribution in [0.4, 0.5) is 0 Å². The van der Waals surface area contributed by atoms with Crippen LogP contribution in [-0.2, 0) is 9.59 Å². The van der Waals surface area contributed by atoms with Crippen molar-refractivity contribution in [3.05, 3.63) is 0 Å². The van der Waals surface area contributed by atoms with E-state index in [4.69, 9.17) is 5.11 Å². The second-order valence-electron chi connectivity index (χ2n) is 3.17. The summed E-state index contributed by atoms with van der Waals surface area (Å²) in [5.41, 5.74) is -1.67. The molecule has 1 atom stereocenters. The van der Waals surface area contributed by atoms with Gasteiger partial charge in [-0.3, -0.25) is 4.79 Å². The average molecular weight is 187 g/mol. The van der Waals surface area contributed by atoms with Gasteiger partial charge in [-0.15, -0.1) is 0 Å². The maximum Gasteiger partial charge on any atom is 0.334 e. The maximum atomic E-state index is 11.4. The van der Waals surface area contributed by atoms with Crippen molar-refractivity contribution in [3.63, 3.8) is 0 Å². The molecule has 5 nitrogen and oxygen atoms in total. The summed E-state index contributed by atoms with van der Waals surface area (Å²) in [6.45, 7) is 1.84. The molecule has 0 aromatic heterocycles. The van der Waals surface area contributed by atoms with Crippen LogP contribution in [0.2, 0.25) is 0 Å². The molecule has 0 saturated carbocycles. The molecule has 1 aliphatic heterocycles. The molecule has 0 radical (unpaired) electrons. The molecular formula is C8H13NO4. The van der Waals surface area contributed by atoms with Crippen molar-refractivity contribution >= 4 is 11.8 Å². The number of nitrogens with zero attached hydrogens (tertiary/aromatic N) is 1. The molecule has 0 aromatic carbocycles. The predicted octanol–water partition coefficient (Wildman–Crippen LogP) is 0.274. The Balaban J connectivity index is 3.00. The number of carbonyl (C=O) groups excluding carboxylic acids is 1. The number of carboxylic acids is 1. The van der Waals surface area contributed by atoms with E-state index in [1.807, 2.05) is 0 Å². The van der Waals surface area contributed by atoms with Crippen LogP contribution in [-0.4, -0.2) is 39.2 Å². The van der Waals surface area contributed by atoms with E-state index in [2.05, 4.69) is 0 Å². The molecule has 74 valence electrons. The Morgan fingerprint density at radius 2 is 2.15 bits per heavy atom. The molecule has 0 bridgehead atoms. The van der Waals surface area contributed by atoms with Gasteiger partial charge in [0.25, 0.3) is 0 Å². The lowest BCUT2D eigenvalue weighted by Gasteiger charge is -2.27. The maximum absolute atomic E-state index is 11.4. The molecule has 1 saturated heterocycles. The molecule has 1 heterocycles. The normalized spacial score (nSPS) is 29.1. The highest BCUT2D eigenvalue weighted by Gasteiger charge is 2.52. The molecule has 1 unspecified atom stereocenters. The van der Waals surface area contributed by atoms with E-state index in [0.29, 0.717) is 11.5 Å². The summed E-state index contributed by atoms with van der Waals surface area (Å²) in [6.07, 6.45) is 0.864. The number of hydrogen-bond donors (Lipinski definition) is 2. The van der Waals surface area contributed by atoms with Gasteiger partial charge >= 0.3 is 5.97 Å². The van der Waals surface area contributed by atoms with Crippen molar-refractivity contribution in [2.24, 2.45) is 0 Å². The first-order valence-corrected chi connectivity index (χ1v) is 4.29. The van der Waals surface area contributed by atoms with Gasteiger partial charge in [0.15, 0.2) is 5.78 Å². The minimum absolute atomic E-state index is 0.128. The second kappa shape index (κ2) is 3.43. The molecule has 1 rings (SSSR count). The van der Waals surface area contributed by atoms with E-state index < -0.39 is 17.3 Å². The van der Waals surface area contributed by atoms with Crippen molar-refractivity contribution in [1.29, 1.82) is 0 Å². The summed E-state index contributed by atoms with van der Waals surface area (Å²) >= 11 is 0. The number of ketones is 1. The minimum atomic E-state index is -1.67. The lowest BCUT2D eigenvalue weighted by atomic mass is 9.90. The van der Waals surface area contributed by atoms with Gasteiger partial charge in [0.1, 0.15) is 0 Å². The van der Waals surface area contributed by atoms with Gasteiger partial charge in [0.2, 0.25) is 5.54 Å². The third-order valence-electron chi connectivity index (χ3n) is 2.49. The first-order valence-electron chi connectivity index (χ1n) is 4.29. The fourth-order valence-electron chi connectivity index (χ4n) is 1.72. The van der Waals surface area contributed by atoms with E-state index >= 15 is 0 Å². The summed E-state index contributed by atoms with van der Waals surface area (Å²) in [5, 5.41) is 18.9. The van der Waals surface area contributed by atoms with Crippen LogP contribution in [0.5, 0.6) is 0 Å². The number of carboxylic acid groups (broad SMARTS) is 1. The molecule has 0 spiro atoms. The van der Waals surface area contributed by atoms with Crippen molar-refractivity contribution in [2.45, 2.75) is 31.7 Å². The smallest absolute Gasteiger partial charge is 0.334 e. The number of aliphatic carboxylic acids is 1. The Bertz CT molecular complexity index is 240. The fraction of sp³-hybridized carbons (Fsp3) is 0.750. The Hall–Kier alpha value is -0.940. The van der Waals surface area contributed by atoms with Gasteiger partial charge in [-0.05, 0) is 12.8 Å². The number of carbonyl (C=O) groups is 2. The van der Waals surface area contributed by atoms with Crippen molar-refractivity contribution in [3.8, 4) is 0 Å². The van der Waals surface area contributed by atoms with Gasteiger partial charge in [0.05, 0.1) is 0 Å². The van der Waals surface area contributed by atoms with Crippen molar-refractivity contribution in [1.82, 2.24) is 5.06 Å². The lowest BCUT2D eigenvalue weighted by molar-refractivity contribution is -0.187. The molecule has 2 N–H and O–H groups in total. The molecule has 0 amide bonds. The van der Waals surface area contributed by atoms with Crippen LogP contribution in [0.3, 0.4) is 0 Å². The largest absolute Gasteiger partial charge is 0.479 e. The zero-order valence-electron chi connectivity index (χ0n) is 7.49. The van der Waals surface area contributed by atoms with Crippen LogP contribution >= 0.6 is 0 Å². The summed E-state index contributed by atoms with van der Waals surface area (Å²) in [7, 11) is 0. The molecule has 0 aliphatic carbocycles. The molecule has 1 fully saturated rings. The molecule has 5 heteroatoms. The lowest BCUT2D eigenvalue weighted by Crippen LogP contribution is -2.55. The number of Topliss-reactive ketones (excluding diaryl/α,β-unsaturated/α-hetero) is 1. The van der Waals surface area contributed by atoms with Crippen molar-refractivity contribution < 1.29 is 19.9 Å². The van der Waals surface area contributed by atoms with Gasteiger partial charge in [0, 0.05) is 13.0 Å². The predicted molar refractivity (Wildman–Crippen MR) is 43.4 cm³/mol. The molecule has 13 heavy (non-hydrogen) atoms. The van der Waals surface area contributed by atoms with Gasteiger partial charge in [-0.2, -0.15) is 5.06 Å². The quantitative estimate of drug-likeness (QED) is 0.620. The van der Waals surface area contributed by atoms with E-state index in [9.17, 15) is 14.8 Å².